The Morgan fingerprint density at radius 1 is 1.69 bits per heavy atom. The standard InChI is InChI=1S/C8H11N3O2/c12-7(13)4-11-5-9-8(10-11)6-2-1-3-6/h5-6H,1-4H2,(H,12,13). The summed E-state index contributed by atoms with van der Waals surface area (Å²) in [7, 11) is 0. The molecule has 70 valence electrons. The first-order valence-corrected chi connectivity index (χ1v) is 4.37. The van der Waals surface area contributed by atoms with Crippen LogP contribution in [0.1, 0.15) is 31.0 Å². The fourth-order valence-corrected chi connectivity index (χ4v) is 1.38. The fraction of sp³-hybridized carbons (Fsp3) is 0.625. The molecule has 0 amide bonds. The van der Waals surface area contributed by atoms with Crippen molar-refractivity contribution in [3.8, 4) is 0 Å². The molecule has 1 aromatic rings. The highest BCUT2D eigenvalue weighted by Crippen LogP contribution is 2.33. The van der Waals surface area contributed by atoms with Gasteiger partial charge >= 0.3 is 5.97 Å². The Labute approximate surface area is 75.4 Å². The lowest BCUT2D eigenvalue weighted by Gasteiger charge is -2.21. The van der Waals surface area contributed by atoms with Crippen LogP contribution in [0.25, 0.3) is 0 Å². The van der Waals surface area contributed by atoms with Crippen molar-refractivity contribution in [3.05, 3.63) is 12.2 Å². The largest absolute Gasteiger partial charge is 0.480 e. The molecule has 5 nitrogen and oxygen atoms in total. The van der Waals surface area contributed by atoms with E-state index in [4.69, 9.17) is 5.11 Å². The van der Waals surface area contributed by atoms with Crippen LogP contribution in [0.15, 0.2) is 6.33 Å². The van der Waals surface area contributed by atoms with E-state index >= 15 is 0 Å². The molecule has 1 fully saturated rings. The Balaban J connectivity index is 2.04. The van der Waals surface area contributed by atoms with Crippen molar-refractivity contribution < 1.29 is 9.90 Å². The molecular weight excluding hydrogens is 170 g/mol. The van der Waals surface area contributed by atoms with Crippen LogP contribution in [-0.4, -0.2) is 25.8 Å². The third kappa shape index (κ3) is 1.68. The Hall–Kier alpha value is -1.39. The average Bonchev–Trinajstić information content (AvgIpc) is 2.31. The van der Waals surface area contributed by atoms with Crippen LogP contribution < -0.4 is 0 Å². The first-order chi connectivity index (χ1) is 6.25. The highest BCUT2D eigenvalue weighted by Gasteiger charge is 2.23. The van der Waals surface area contributed by atoms with Gasteiger partial charge in [0.05, 0.1) is 0 Å². The number of nitrogens with zero attached hydrogens (tertiary/aromatic N) is 3. The van der Waals surface area contributed by atoms with Crippen molar-refractivity contribution in [1.82, 2.24) is 14.8 Å². The normalized spacial score (nSPS) is 16.9. The van der Waals surface area contributed by atoms with E-state index in [1.807, 2.05) is 0 Å². The smallest absolute Gasteiger partial charge is 0.325 e. The van der Waals surface area contributed by atoms with Crippen molar-refractivity contribution in [2.75, 3.05) is 0 Å². The first kappa shape index (κ1) is 8.22. The minimum Gasteiger partial charge on any atom is -0.480 e. The Bertz CT molecular complexity index is 317. The molecule has 2 rings (SSSR count). The van der Waals surface area contributed by atoms with Gasteiger partial charge in [-0.1, -0.05) is 6.42 Å². The second kappa shape index (κ2) is 3.16. The predicted molar refractivity (Wildman–Crippen MR) is 44.2 cm³/mol. The highest BCUT2D eigenvalue weighted by atomic mass is 16.4. The van der Waals surface area contributed by atoms with E-state index in [-0.39, 0.29) is 6.54 Å². The van der Waals surface area contributed by atoms with Crippen molar-refractivity contribution in [3.63, 3.8) is 0 Å². The zero-order valence-corrected chi connectivity index (χ0v) is 7.18. The second-order valence-corrected chi connectivity index (χ2v) is 3.32. The van der Waals surface area contributed by atoms with Gasteiger partial charge in [0.25, 0.3) is 0 Å². The molecule has 1 aromatic heterocycles. The van der Waals surface area contributed by atoms with E-state index in [9.17, 15) is 4.79 Å². The van der Waals surface area contributed by atoms with Crippen molar-refractivity contribution >= 4 is 5.97 Å². The van der Waals surface area contributed by atoms with Crippen molar-refractivity contribution in [2.45, 2.75) is 31.7 Å². The molecule has 13 heavy (non-hydrogen) atoms. The number of carbonyl (C=O) groups is 1. The van der Waals surface area contributed by atoms with Gasteiger partial charge < -0.3 is 5.11 Å². The third-order valence-corrected chi connectivity index (χ3v) is 2.32. The maximum absolute atomic E-state index is 10.3. The van der Waals surface area contributed by atoms with Crippen LogP contribution in [0.2, 0.25) is 0 Å². The van der Waals surface area contributed by atoms with E-state index in [1.54, 1.807) is 0 Å². The average molecular weight is 181 g/mol. The summed E-state index contributed by atoms with van der Waals surface area (Å²) in [4.78, 5) is 14.4. The maximum Gasteiger partial charge on any atom is 0.325 e. The van der Waals surface area contributed by atoms with Crippen LogP contribution in [0, 0.1) is 0 Å². The minimum atomic E-state index is -0.884. The van der Waals surface area contributed by atoms with Crippen LogP contribution >= 0.6 is 0 Å². The molecule has 0 aliphatic heterocycles. The molecule has 0 atom stereocenters. The topological polar surface area (TPSA) is 68.0 Å². The molecule has 0 spiro atoms. The molecule has 1 aliphatic carbocycles. The third-order valence-electron chi connectivity index (χ3n) is 2.32. The number of carboxylic acid groups (broad SMARTS) is 1. The SMILES string of the molecule is O=C(O)Cn1cnc(C2CCC2)n1. The lowest BCUT2D eigenvalue weighted by Crippen LogP contribution is -2.13. The molecule has 1 saturated carbocycles. The summed E-state index contributed by atoms with van der Waals surface area (Å²) in [6, 6.07) is 0. The zero-order valence-electron chi connectivity index (χ0n) is 7.18. The molecule has 0 aromatic carbocycles. The van der Waals surface area contributed by atoms with E-state index in [2.05, 4.69) is 10.1 Å². The zero-order chi connectivity index (χ0) is 9.26. The van der Waals surface area contributed by atoms with Crippen LogP contribution in [0.3, 0.4) is 0 Å². The molecular formula is C8H11N3O2. The predicted octanol–water partition coefficient (Wildman–Crippen LogP) is 0.630. The fourth-order valence-electron chi connectivity index (χ4n) is 1.38. The summed E-state index contributed by atoms with van der Waals surface area (Å²) in [6.45, 7) is -0.0975. The molecule has 1 heterocycles. The quantitative estimate of drug-likeness (QED) is 0.742. The van der Waals surface area contributed by atoms with Gasteiger partial charge in [0.15, 0.2) is 5.82 Å². The lowest BCUT2D eigenvalue weighted by molar-refractivity contribution is -0.137. The molecule has 1 aliphatic rings. The number of carboxylic acids is 1. The molecule has 0 unspecified atom stereocenters. The van der Waals surface area contributed by atoms with Crippen LogP contribution in [0.4, 0.5) is 0 Å². The summed E-state index contributed by atoms with van der Waals surface area (Å²) in [5.74, 6) is 0.382. The molecule has 0 bridgehead atoms. The Morgan fingerprint density at radius 2 is 2.46 bits per heavy atom. The van der Waals surface area contributed by atoms with Gasteiger partial charge in [-0.25, -0.2) is 9.67 Å². The number of aromatic nitrogens is 3. The number of hydrogen-bond donors (Lipinski definition) is 1. The van der Waals surface area contributed by atoms with Crippen molar-refractivity contribution in [2.24, 2.45) is 0 Å². The van der Waals surface area contributed by atoms with E-state index in [0.29, 0.717) is 5.92 Å². The second-order valence-electron chi connectivity index (χ2n) is 3.32. The number of aliphatic carboxylic acids is 1. The highest BCUT2D eigenvalue weighted by molar-refractivity contribution is 5.66. The summed E-state index contributed by atoms with van der Waals surface area (Å²) < 4.78 is 1.37. The molecule has 0 saturated heterocycles. The summed E-state index contributed by atoms with van der Waals surface area (Å²) in [6.07, 6.45) is 4.99. The Morgan fingerprint density at radius 3 is 3.00 bits per heavy atom. The molecule has 0 radical (unpaired) electrons. The van der Waals surface area contributed by atoms with Crippen molar-refractivity contribution in [1.29, 1.82) is 0 Å². The lowest BCUT2D eigenvalue weighted by atomic mass is 9.85. The monoisotopic (exact) mass is 181 g/mol. The summed E-state index contributed by atoms with van der Waals surface area (Å²) >= 11 is 0. The molecule has 1 N–H and O–H groups in total. The van der Waals surface area contributed by atoms with Gasteiger partial charge in [0.2, 0.25) is 0 Å². The molecule has 5 heteroatoms. The van der Waals surface area contributed by atoms with Crippen LogP contribution in [0.5, 0.6) is 0 Å². The van der Waals surface area contributed by atoms with Gasteiger partial charge in [-0.2, -0.15) is 5.10 Å². The van der Waals surface area contributed by atoms with Gasteiger partial charge in [0.1, 0.15) is 12.9 Å². The van der Waals surface area contributed by atoms with E-state index in [0.717, 1.165) is 18.7 Å². The van der Waals surface area contributed by atoms with Gasteiger partial charge in [-0.15, -0.1) is 0 Å². The maximum atomic E-state index is 10.3. The number of hydrogen-bond acceptors (Lipinski definition) is 3. The Kier molecular flexibility index (Phi) is 2.00. The number of rotatable bonds is 3. The van der Waals surface area contributed by atoms with E-state index < -0.39 is 5.97 Å². The van der Waals surface area contributed by atoms with E-state index in [1.165, 1.54) is 17.4 Å². The summed E-state index contributed by atoms with van der Waals surface area (Å²) in [5, 5.41) is 12.6. The van der Waals surface area contributed by atoms with Gasteiger partial charge in [0, 0.05) is 5.92 Å². The van der Waals surface area contributed by atoms with Gasteiger partial charge in [-0.3, -0.25) is 4.79 Å². The summed E-state index contributed by atoms with van der Waals surface area (Å²) in [5.41, 5.74) is 0. The first-order valence-electron chi connectivity index (χ1n) is 4.37. The minimum absolute atomic E-state index is 0.0975. The van der Waals surface area contributed by atoms with Gasteiger partial charge in [-0.05, 0) is 12.8 Å². The van der Waals surface area contributed by atoms with Crippen LogP contribution in [-0.2, 0) is 11.3 Å².